The molecule has 1 aliphatic heterocycles. The molecule has 6 nitrogen and oxygen atoms in total. The number of nitrogens with zero attached hydrogens (tertiary/aromatic N) is 2. The molecular weight excluding hydrogens is 416 g/mol. The van der Waals surface area contributed by atoms with E-state index in [9.17, 15) is 19.2 Å². The Balaban J connectivity index is 1.81. The predicted molar refractivity (Wildman–Crippen MR) is 115 cm³/mol. The molecule has 0 saturated carbocycles. The maximum Gasteiger partial charge on any atom is 0.280 e. The predicted octanol–water partition coefficient (Wildman–Crippen LogP) is 4.26. The highest BCUT2D eigenvalue weighted by molar-refractivity contribution is 6.34. The normalized spacial score (nSPS) is 13.7. The Bertz CT molecular complexity index is 1170. The number of imide groups is 1. The van der Waals surface area contributed by atoms with E-state index in [0.717, 1.165) is 10.0 Å². The van der Waals surface area contributed by atoms with Crippen LogP contribution in [0.1, 0.15) is 48.4 Å². The number of halogens is 1. The van der Waals surface area contributed by atoms with E-state index in [4.69, 9.17) is 11.6 Å². The first kappa shape index (κ1) is 20.5. The molecule has 0 aliphatic carbocycles. The number of rotatable bonds is 5. The molecular formula is C24H17ClN2O4. The van der Waals surface area contributed by atoms with E-state index in [2.05, 4.69) is 0 Å². The van der Waals surface area contributed by atoms with Gasteiger partial charge in [0.25, 0.3) is 17.7 Å². The van der Waals surface area contributed by atoms with Crippen molar-refractivity contribution in [2.75, 3.05) is 0 Å². The van der Waals surface area contributed by atoms with E-state index < -0.39 is 29.5 Å². The maximum atomic E-state index is 13.5. The maximum absolute atomic E-state index is 13.5. The Hall–Kier alpha value is -3.77. The molecule has 3 aromatic carbocycles. The lowest BCUT2D eigenvalue weighted by molar-refractivity contribution is -0.00680. The van der Waals surface area contributed by atoms with Crippen molar-refractivity contribution in [2.24, 2.45) is 0 Å². The zero-order valence-corrected chi connectivity index (χ0v) is 17.2. The second-order valence-corrected chi connectivity index (χ2v) is 7.41. The zero-order chi connectivity index (χ0) is 22.1. The summed E-state index contributed by atoms with van der Waals surface area (Å²) in [6.07, 6.45) is 0. The third-order valence-electron chi connectivity index (χ3n) is 5.11. The van der Waals surface area contributed by atoms with E-state index in [1.165, 1.54) is 31.2 Å². The molecule has 0 spiro atoms. The quantitative estimate of drug-likeness (QED) is 0.446. The van der Waals surface area contributed by atoms with Gasteiger partial charge in [0.2, 0.25) is 0 Å². The fourth-order valence-electron chi connectivity index (χ4n) is 3.52. The number of fused-ring (bicyclic) bond motifs is 1. The van der Waals surface area contributed by atoms with Crippen molar-refractivity contribution in [1.29, 1.82) is 0 Å². The van der Waals surface area contributed by atoms with Crippen molar-refractivity contribution in [1.82, 2.24) is 10.0 Å². The minimum atomic E-state index is -1.15. The number of Topliss-reactive ketones (excluding diaryl/α,β-unsaturated/α-hetero) is 1. The van der Waals surface area contributed by atoms with Crippen LogP contribution in [0.2, 0.25) is 5.02 Å². The van der Waals surface area contributed by atoms with Gasteiger partial charge in [-0.1, -0.05) is 66.2 Å². The van der Waals surface area contributed by atoms with Crippen LogP contribution in [0.15, 0.2) is 78.9 Å². The van der Waals surface area contributed by atoms with Crippen molar-refractivity contribution in [3.8, 4) is 0 Å². The van der Waals surface area contributed by atoms with Crippen molar-refractivity contribution >= 4 is 35.1 Å². The van der Waals surface area contributed by atoms with Crippen molar-refractivity contribution in [3.63, 3.8) is 0 Å². The van der Waals surface area contributed by atoms with Crippen LogP contribution in [0.3, 0.4) is 0 Å². The second kappa shape index (κ2) is 8.16. The third-order valence-corrected chi connectivity index (χ3v) is 5.43. The average molecular weight is 433 g/mol. The summed E-state index contributed by atoms with van der Waals surface area (Å²) in [5.74, 6) is -2.49. The van der Waals surface area contributed by atoms with Crippen LogP contribution in [0.4, 0.5) is 0 Å². The van der Waals surface area contributed by atoms with E-state index in [-0.39, 0.29) is 21.7 Å². The van der Waals surface area contributed by atoms with Gasteiger partial charge in [-0.3, -0.25) is 19.2 Å². The highest BCUT2D eigenvalue weighted by atomic mass is 35.5. The van der Waals surface area contributed by atoms with Crippen LogP contribution in [-0.4, -0.2) is 39.6 Å². The van der Waals surface area contributed by atoms with Gasteiger partial charge in [-0.05, 0) is 31.2 Å². The fourth-order valence-corrected chi connectivity index (χ4v) is 3.74. The number of carbonyl (C=O) groups is 4. The monoisotopic (exact) mass is 432 g/mol. The van der Waals surface area contributed by atoms with Crippen LogP contribution < -0.4 is 0 Å². The Kier molecular flexibility index (Phi) is 5.40. The Morgan fingerprint density at radius 2 is 1.32 bits per heavy atom. The van der Waals surface area contributed by atoms with Gasteiger partial charge < -0.3 is 0 Å². The molecule has 1 atom stereocenters. The van der Waals surface area contributed by atoms with E-state index >= 15 is 0 Å². The van der Waals surface area contributed by atoms with Crippen LogP contribution in [0.25, 0.3) is 0 Å². The summed E-state index contributed by atoms with van der Waals surface area (Å²) in [7, 11) is 0. The lowest BCUT2D eigenvalue weighted by Crippen LogP contribution is -2.56. The molecule has 0 aromatic heterocycles. The summed E-state index contributed by atoms with van der Waals surface area (Å²) < 4.78 is 0. The van der Waals surface area contributed by atoms with Crippen molar-refractivity contribution < 1.29 is 19.2 Å². The van der Waals surface area contributed by atoms with Gasteiger partial charge in [0.05, 0.1) is 21.7 Å². The summed E-state index contributed by atoms with van der Waals surface area (Å²) >= 11 is 6.21. The van der Waals surface area contributed by atoms with Crippen LogP contribution in [0, 0.1) is 0 Å². The Morgan fingerprint density at radius 3 is 1.90 bits per heavy atom. The summed E-state index contributed by atoms with van der Waals surface area (Å²) in [5.41, 5.74) is 0.768. The number of hydrogen-bond acceptors (Lipinski definition) is 4. The van der Waals surface area contributed by atoms with Gasteiger partial charge in [0.15, 0.2) is 5.78 Å². The molecule has 1 aliphatic rings. The largest absolute Gasteiger partial charge is 0.292 e. The Morgan fingerprint density at radius 1 is 0.806 bits per heavy atom. The number of amides is 3. The molecule has 4 rings (SSSR count). The van der Waals surface area contributed by atoms with Crippen LogP contribution in [0.5, 0.6) is 0 Å². The molecule has 1 heterocycles. The third kappa shape index (κ3) is 3.51. The minimum Gasteiger partial charge on any atom is -0.292 e. The number of hydrogen-bond donors (Lipinski definition) is 0. The Labute approximate surface area is 183 Å². The highest BCUT2D eigenvalue weighted by Gasteiger charge is 2.45. The summed E-state index contributed by atoms with van der Waals surface area (Å²) in [5, 5.41) is 1.79. The van der Waals surface area contributed by atoms with Gasteiger partial charge in [-0.2, -0.15) is 5.01 Å². The highest BCUT2D eigenvalue weighted by Crippen LogP contribution is 2.28. The number of benzene rings is 3. The minimum absolute atomic E-state index is 0.0773. The molecule has 31 heavy (non-hydrogen) atoms. The van der Waals surface area contributed by atoms with Gasteiger partial charge >= 0.3 is 0 Å². The first-order valence-corrected chi connectivity index (χ1v) is 9.94. The number of ketones is 1. The van der Waals surface area contributed by atoms with Gasteiger partial charge in [-0.25, -0.2) is 5.01 Å². The molecule has 3 amide bonds. The molecule has 0 radical (unpaired) electrons. The number of hydrazine groups is 1. The summed E-state index contributed by atoms with van der Waals surface area (Å²) in [6, 6.07) is 19.8. The lowest BCUT2D eigenvalue weighted by Gasteiger charge is -2.34. The molecule has 3 aromatic rings. The van der Waals surface area contributed by atoms with Crippen molar-refractivity contribution in [3.05, 3.63) is 106 Å². The van der Waals surface area contributed by atoms with Crippen LogP contribution >= 0.6 is 11.6 Å². The second-order valence-electron chi connectivity index (χ2n) is 7.00. The van der Waals surface area contributed by atoms with Crippen molar-refractivity contribution in [2.45, 2.75) is 13.0 Å². The lowest BCUT2D eigenvalue weighted by atomic mass is 10.0. The molecule has 0 bridgehead atoms. The fraction of sp³-hybridized carbons (Fsp3) is 0.0833. The summed E-state index contributed by atoms with van der Waals surface area (Å²) in [4.78, 5) is 52.9. The molecule has 7 heteroatoms. The van der Waals surface area contributed by atoms with Crippen LogP contribution in [-0.2, 0) is 0 Å². The molecule has 0 fully saturated rings. The smallest absolute Gasteiger partial charge is 0.280 e. The van der Waals surface area contributed by atoms with Gasteiger partial charge in [-0.15, -0.1) is 0 Å². The topological polar surface area (TPSA) is 74.8 Å². The SMILES string of the molecule is C[C@H](C(=O)c1ccccc1)N(C(=O)c1ccccc1Cl)N1C(=O)c2ccccc2C1=O. The summed E-state index contributed by atoms with van der Waals surface area (Å²) in [6.45, 7) is 1.48. The van der Waals surface area contributed by atoms with E-state index in [1.54, 1.807) is 54.6 Å². The standard InChI is InChI=1S/C24H17ClN2O4/c1-15(21(28)16-9-3-2-4-10-16)26(24(31)19-13-7-8-14-20(19)25)27-22(29)17-11-5-6-12-18(17)23(27)30/h2-15H,1H3/t15-/m1/s1. The zero-order valence-electron chi connectivity index (χ0n) is 16.5. The van der Waals surface area contributed by atoms with Gasteiger partial charge in [0, 0.05) is 5.56 Å². The molecule has 154 valence electrons. The molecule has 0 unspecified atom stereocenters. The first-order valence-electron chi connectivity index (χ1n) is 9.57. The molecule has 0 N–H and O–H groups in total. The van der Waals surface area contributed by atoms with E-state index in [0.29, 0.717) is 5.56 Å². The first-order chi connectivity index (χ1) is 14.9. The van der Waals surface area contributed by atoms with Gasteiger partial charge in [0.1, 0.15) is 6.04 Å². The molecule has 0 saturated heterocycles. The number of carbonyl (C=O) groups excluding carboxylic acids is 4. The van der Waals surface area contributed by atoms with E-state index in [1.807, 2.05) is 0 Å². The average Bonchev–Trinajstić information content (AvgIpc) is 3.05.